The first-order chi connectivity index (χ1) is 15.2. The zero-order valence-electron chi connectivity index (χ0n) is 18.0. The van der Waals surface area contributed by atoms with E-state index in [2.05, 4.69) is 39.5 Å². The topological polar surface area (TPSA) is 77.2 Å². The third-order valence-electron chi connectivity index (χ3n) is 6.38. The monoisotopic (exact) mass is 419 g/mol. The van der Waals surface area contributed by atoms with Crippen LogP contribution in [0, 0.1) is 5.21 Å². The van der Waals surface area contributed by atoms with E-state index in [9.17, 15) is 5.21 Å². The standard InChI is InChI=1S/C24H29N5O2/c1-17-16-28(14-15-31-17)24-26-22(21-8-5-13-29(30)23(21)27-24)25-20-11-9-19(10-12-20)18-6-3-2-4-7-18/h5,8-13,17-18H,2-4,6-7,14-16H2,1H3,(H,25,26,27)/t17-/m1/s1. The van der Waals surface area contributed by atoms with E-state index in [-0.39, 0.29) is 6.10 Å². The van der Waals surface area contributed by atoms with Gasteiger partial charge in [0.1, 0.15) is 5.39 Å². The van der Waals surface area contributed by atoms with Gasteiger partial charge in [0, 0.05) is 18.8 Å². The van der Waals surface area contributed by atoms with E-state index >= 15 is 0 Å². The molecule has 0 radical (unpaired) electrons. The van der Waals surface area contributed by atoms with Crippen LogP contribution in [0.1, 0.15) is 50.5 Å². The van der Waals surface area contributed by atoms with E-state index in [1.165, 1.54) is 43.9 Å². The Hall–Kier alpha value is -2.93. The lowest BCUT2D eigenvalue weighted by molar-refractivity contribution is -0.579. The molecule has 2 fully saturated rings. The number of nitrogens with zero attached hydrogens (tertiary/aromatic N) is 4. The smallest absolute Gasteiger partial charge is 0.343 e. The average molecular weight is 420 g/mol. The molecular formula is C24H29N5O2. The maximum absolute atomic E-state index is 12.5. The highest BCUT2D eigenvalue weighted by Crippen LogP contribution is 2.33. The molecule has 31 heavy (non-hydrogen) atoms. The van der Waals surface area contributed by atoms with Crippen molar-refractivity contribution in [1.82, 2.24) is 9.97 Å². The van der Waals surface area contributed by atoms with Gasteiger partial charge < -0.3 is 20.2 Å². The van der Waals surface area contributed by atoms with Gasteiger partial charge in [-0.05, 0) is 60.5 Å². The van der Waals surface area contributed by atoms with Crippen LogP contribution < -0.4 is 14.9 Å². The van der Waals surface area contributed by atoms with Crippen molar-refractivity contribution in [2.24, 2.45) is 0 Å². The molecule has 3 aromatic rings. The summed E-state index contributed by atoms with van der Waals surface area (Å²) in [5, 5.41) is 16.6. The minimum absolute atomic E-state index is 0.104. The van der Waals surface area contributed by atoms with Crippen LogP contribution in [0.5, 0.6) is 0 Å². The van der Waals surface area contributed by atoms with Crippen LogP contribution in [0.2, 0.25) is 0 Å². The van der Waals surface area contributed by atoms with Gasteiger partial charge in [-0.25, -0.2) is 4.73 Å². The van der Waals surface area contributed by atoms with Gasteiger partial charge >= 0.3 is 11.6 Å². The summed E-state index contributed by atoms with van der Waals surface area (Å²) in [6.45, 7) is 4.07. The molecule has 162 valence electrons. The number of nitrogens with one attached hydrogen (secondary N) is 1. The molecule has 1 aliphatic carbocycles. The van der Waals surface area contributed by atoms with Gasteiger partial charge in [0.05, 0.1) is 18.9 Å². The van der Waals surface area contributed by atoms with E-state index in [0.29, 0.717) is 48.4 Å². The summed E-state index contributed by atoms with van der Waals surface area (Å²) in [7, 11) is 0. The first-order valence-corrected chi connectivity index (χ1v) is 11.3. The van der Waals surface area contributed by atoms with Gasteiger partial charge in [0.2, 0.25) is 0 Å². The molecule has 7 heteroatoms. The molecule has 1 saturated carbocycles. The maximum atomic E-state index is 12.5. The zero-order chi connectivity index (χ0) is 21.2. The van der Waals surface area contributed by atoms with Crippen LogP contribution in [-0.4, -0.2) is 35.8 Å². The summed E-state index contributed by atoms with van der Waals surface area (Å²) in [6, 6.07) is 12.3. The number of ether oxygens (including phenoxy) is 1. The average Bonchev–Trinajstić information content (AvgIpc) is 2.81. The number of aromatic nitrogens is 3. The molecule has 1 aromatic carbocycles. The molecule has 7 nitrogen and oxygen atoms in total. The number of rotatable bonds is 4. The highest BCUT2D eigenvalue weighted by Gasteiger charge is 2.25. The quantitative estimate of drug-likeness (QED) is 0.502. The molecule has 1 aliphatic heterocycles. The number of pyridine rings is 1. The van der Waals surface area contributed by atoms with Gasteiger partial charge in [-0.2, -0.15) is 4.98 Å². The summed E-state index contributed by atoms with van der Waals surface area (Å²) in [5.74, 6) is 1.88. The lowest BCUT2D eigenvalue weighted by Crippen LogP contribution is -2.42. The lowest BCUT2D eigenvalue weighted by atomic mass is 9.84. The van der Waals surface area contributed by atoms with E-state index in [4.69, 9.17) is 9.72 Å². The van der Waals surface area contributed by atoms with Crippen LogP contribution in [-0.2, 0) is 4.74 Å². The fourth-order valence-corrected chi connectivity index (χ4v) is 4.70. The van der Waals surface area contributed by atoms with Crippen LogP contribution in [0.15, 0.2) is 42.6 Å². The number of benzene rings is 1. The number of morpholine rings is 1. The van der Waals surface area contributed by atoms with Crippen molar-refractivity contribution in [2.45, 2.75) is 51.0 Å². The Morgan fingerprint density at radius 1 is 1.10 bits per heavy atom. The molecule has 0 spiro atoms. The Morgan fingerprint density at radius 2 is 1.90 bits per heavy atom. The number of hydrogen-bond acceptors (Lipinski definition) is 6. The normalized spacial score (nSPS) is 20.2. The lowest BCUT2D eigenvalue weighted by Gasteiger charge is -2.29. The number of fused-ring (bicyclic) bond motifs is 1. The van der Waals surface area contributed by atoms with Gasteiger partial charge in [-0.3, -0.25) is 0 Å². The maximum Gasteiger partial charge on any atom is 0.343 e. The van der Waals surface area contributed by atoms with Crippen molar-refractivity contribution in [3.05, 3.63) is 53.4 Å². The van der Waals surface area contributed by atoms with E-state index < -0.39 is 0 Å². The minimum Gasteiger partial charge on any atom is -0.710 e. The highest BCUT2D eigenvalue weighted by atomic mass is 16.5. The van der Waals surface area contributed by atoms with Crippen LogP contribution in [0.3, 0.4) is 0 Å². The SMILES string of the molecule is C[C@@H]1CN(c2nc(Nc3ccc(C4CCCCC4)cc3)c3ccc[n+]([O-])c3n2)CCO1. The molecule has 0 bridgehead atoms. The minimum atomic E-state index is 0.104. The summed E-state index contributed by atoms with van der Waals surface area (Å²) >= 11 is 0. The summed E-state index contributed by atoms with van der Waals surface area (Å²) in [6.07, 6.45) is 8.17. The van der Waals surface area contributed by atoms with Gasteiger partial charge in [0.15, 0.2) is 5.82 Å². The van der Waals surface area contributed by atoms with Gasteiger partial charge in [0.25, 0.3) is 0 Å². The molecule has 2 aliphatic rings. The van der Waals surface area contributed by atoms with E-state index in [1.54, 1.807) is 6.07 Å². The van der Waals surface area contributed by atoms with Crippen LogP contribution in [0.4, 0.5) is 17.5 Å². The van der Waals surface area contributed by atoms with Crippen molar-refractivity contribution < 1.29 is 9.47 Å². The van der Waals surface area contributed by atoms with E-state index in [0.717, 1.165) is 10.4 Å². The largest absolute Gasteiger partial charge is 0.710 e. The van der Waals surface area contributed by atoms with Crippen LogP contribution >= 0.6 is 0 Å². The van der Waals surface area contributed by atoms with Crippen molar-refractivity contribution in [3.63, 3.8) is 0 Å². The van der Waals surface area contributed by atoms with Crippen molar-refractivity contribution >= 4 is 28.5 Å². The Balaban J connectivity index is 1.46. The molecule has 1 saturated heterocycles. The van der Waals surface area contributed by atoms with Crippen LogP contribution in [0.25, 0.3) is 11.0 Å². The molecular weight excluding hydrogens is 390 g/mol. The second-order valence-electron chi connectivity index (χ2n) is 8.65. The fourth-order valence-electron chi connectivity index (χ4n) is 4.70. The molecule has 1 N–H and O–H groups in total. The van der Waals surface area contributed by atoms with Crippen molar-refractivity contribution in [2.75, 3.05) is 29.9 Å². The number of hydrogen-bond donors (Lipinski definition) is 1. The van der Waals surface area contributed by atoms with Gasteiger partial charge in [-0.1, -0.05) is 31.4 Å². The van der Waals surface area contributed by atoms with Crippen molar-refractivity contribution in [1.29, 1.82) is 0 Å². The summed E-state index contributed by atoms with van der Waals surface area (Å²) < 4.78 is 6.46. The van der Waals surface area contributed by atoms with E-state index in [1.807, 2.05) is 13.0 Å². The Labute approximate surface area is 182 Å². The molecule has 5 rings (SSSR count). The Bertz CT molecular complexity index is 1050. The predicted molar refractivity (Wildman–Crippen MR) is 122 cm³/mol. The highest BCUT2D eigenvalue weighted by molar-refractivity contribution is 5.87. The molecule has 0 unspecified atom stereocenters. The third kappa shape index (κ3) is 4.28. The first kappa shape index (κ1) is 20.0. The predicted octanol–water partition coefficient (Wildman–Crippen LogP) is 4.28. The Morgan fingerprint density at radius 3 is 2.68 bits per heavy atom. The molecule has 3 heterocycles. The van der Waals surface area contributed by atoms with Gasteiger partial charge in [-0.15, -0.1) is 0 Å². The molecule has 2 aromatic heterocycles. The third-order valence-corrected chi connectivity index (χ3v) is 6.38. The fraction of sp³-hybridized carbons (Fsp3) is 0.458. The van der Waals surface area contributed by atoms with Crippen molar-refractivity contribution in [3.8, 4) is 0 Å². The molecule has 0 amide bonds. The number of anilines is 3. The first-order valence-electron chi connectivity index (χ1n) is 11.3. The Kier molecular flexibility index (Phi) is 5.59. The second-order valence-corrected chi connectivity index (χ2v) is 8.65. The summed E-state index contributed by atoms with van der Waals surface area (Å²) in [4.78, 5) is 11.5. The zero-order valence-corrected chi connectivity index (χ0v) is 18.0. The second kappa shape index (κ2) is 8.67. The summed E-state index contributed by atoms with van der Waals surface area (Å²) in [5.41, 5.74) is 2.74. The molecule has 1 atom stereocenters.